The number of hydrogen-bond acceptors (Lipinski definition) is 5. The first-order chi connectivity index (χ1) is 11.6. The smallest absolute Gasteiger partial charge is 0.375 e. The van der Waals surface area contributed by atoms with Crippen LogP contribution < -0.4 is 5.32 Å². The first kappa shape index (κ1) is 15.9. The average Bonchev–Trinajstić information content (AvgIpc) is 3.21. The van der Waals surface area contributed by atoms with E-state index >= 15 is 0 Å². The molecule has 3 rings (SSSR count). The van der Waals surface area contributed by atoms with Gasteiger partial charge in [0.15, 0.2) is 6.10 Å². The first-order valence-electron chi connectivity index (χ1n) is 7.55. The van der Waals surface area contributed by atoms with E-state index in [4.69, 9.17) is 13.6 Å². The Morgan fingerprint density at radius 2 is 2.00 bits per heavy atom. The fraction of sp³-hybridized carbons (Fsp3) is 0.222. The Bertz CT molecular complexity index is 863. The summed E-state index contributed by atoms with van der Waals surface area (Å²) in [4.78, 5) is 24.3. The Morgan fingerprint density at radius 1 is 1.21 bits per heavy atom. The van der Waals surface area contributed by atoms with Gasteiger partial charge in [-0.2, -0.15) is 0 Å². The average molecular weight is 327 g/mol. The molecule has 6 nitrogen and oxygen atoms in total. The number of esters is 1. The number of furan rings is 2. The van der Waals surface area contributed by atoms with Crippen LogP contribution in [0.2, 0.25) is 0 Å². The summed E-state index contributed by atoms with van der Waals surface area (Å²) in [6.45, 7) is 3.52. The lowest BCUT2D eigenvalue weighted by atomic mass is 10.1. The van der Waals surface area contributed by atoms with Crippen molar-refractivity contribution in [3.8, 4) is 0 Å². The second-order valence-corrected chi connectivity index (χ2v) is 5.40. The SMILES string of the molecule is Cc1c(C(=O)O[C@H](C)C(=O)NCc2ccco2)oc2ccccc12. The number of fused-ring (bicyclic) bond motifs is 1. The Kier molecular flexibility index (Phi) is 4.37. The van der Waals surface area contributed by atoms with Crippen LogP contribution in [0, 0.1) is 6.92 Å². The van der Waals surface area contributed by atoms with Crippen LogP contribution in [-0.4, -0.2) is 18.0 Å². The quantitative estimate of drug-likeness (QED) is 0.728. The minimum atomic E-state index is -0.944. The number of rotatable bonds is 5. The molecule has 2 heterocycles. The predicted octanol–water partition coefficient (Wildman–Crippen LogP) is 3.20. The summed E-state index contributed by atoms with van der Waals surface area (Å²) in [6.07, 6.45) is 0.579. The van der Waals surface area contributed by atoms with E-state index < -0.39 is 18.0 Å². The van der Waals surface area contributed by atoms with Crippen LogP contribution in [0.25, 0.3) is 11.0 Å². The summed E-state index contributed by atoms with van der Waals surface area (Å²) < 4.78 is 15.9. The fourth-order valence-corrected chi connectivity index (χ4v) is 2.37. The summed E-state index contributed by atoms with van der Waals surface area (Å²) >= 11 is 0. The van der Waals surface area contributed by atoms with Crippen molar-refractivity contribution >= 4 is 22.8 Å². The molecule has 1 aromatic carbocycles. The molecule has 3 aromatic rings. The van der Waals surface area contributed by atoms with Gasteiger partial charge in [-0.25, -0.2) is 4.79 Å². The Labute approximate surface area is 138 Å². The molecule has 0 aliphatic carbocycles. The maximum atomic E-state index is 12.3. The van der Waals surface area contributed by atoms with Gasteiger partial charge in [0, 0.05) is 10.9 Å². The number of amides is 1. The molecular formula is C18H17NO5. The zero-order chi connectivity index (χ0) is 17.1. The molecule has 0 radical (unpaired) electrons. The monoisotopic (exact) mass is 327 g/mol. The van der Waals surface area contributed by atoms with Crippen LogP contribution in [-0.2, 0) is 16.1 Å². The van der Waals surface area contributed by atoms with Crippen LogP contribution in [0.5, 0.6) is 0 Å². The molecule has 0 saturated heterocycles. The van der Waals surface area contributed by atoms with Gasteiger partial charge in [-0.1, -0.05) is 18.2 Å². The second kappa shape index (κ2) is 6.62. The van der Waals surface area contributed by atoms with Crippen molar-refractivity contribution in [1.29, 1.82) is 0 Å². The Hall–Kier alpha value is -3.02. The summed E-state index contributed by atoms with van der Waals surface area (Å²) in [5.74, 6) is -0.338. The standard InChI is InChI=1S/C18H17NO5/c1-11-14-7-3-4-8-15(14)24-16(11)18(21)23-12(2)17(20)19-10-13-6-5-9-22-13/h3-9,12H,10H2,1-2H3,(H,19,20)/t12-/m1/s1. The van der Waals surface area contributed by atoms with Crippen LogP contribution in [0.1, 0.15) is 28.8 Å². The number of benzene rings is 1. The minimum Gasteiger partial charge on any atom is -0.467 e. The fourth-order valence-electron chi connectivity index (χ4n) is 2.37. The molecule has 0 fully saturated rings. The molecule has 0 aliphatic heterocycles. The van der Waals surface area contributed by atoms with Gasteiger partial charge in [-0.05, 0) is 32.0 Å². The highest BCUT2D eigenvalue weighted by atomic mass is 16.6. The number of para-hydroxylation sites is 1. The van der Waals surface area contributed by atoms with Crippen LogP contribution >= 0.6 is 0 Å². The van der Waals surface area contributed by atoms with Gasteiger partial charge in [0.1, 0.15) is 11.3 Å². The lowest BCUT2D eigenvalue weighted by Gasteiger charge is -2.12. The van der Waals surface area contributed by atoms with Gasteiger partial charge in [-0.3, -0.25) is 4.79 Å². The van der Waals surface area contributed by atoms with Crippen LogP contribution in [0.4, 0.5) is 0 Å². The van der Waals surface area contributed by atoms with E-state index in [0.29, 0.717) is 16.9 Å². The minimum absolute atomic E-state index is 0.113. The number of ether oxygens (including phenoxy) is 1. The molecule has 0 spiro atoms. The van der Waals surface area contributed by atoms with Crippen molar-refractivity contribution in [2.45, 2.75) is 26.5 Å². The number of carbonyl (C=O) groups excluding carboxylic acids is 2. The van der Waals surface area contributed by atoms with Gasteiger partial charge in [0.05, 0.1) is 12.8 Å². The summed E-state index contributed by atoms with van der Waals surface area (Å²) in [6, 6.07) is 10.8. The third kappa shape index (κ3) is 3.17. The van der Waals surface area contributed by atoms with E-state index in [1.165, 1.54) is 13.2 Å². The summed E-state index contributed by atoms with van der Waals surface area (Å²) in [7, 11) is 0. The Morgan fingerprint density at radius 3 is 2.71 bits per heavy atom. The maximum Gasteiger partial charge on any atom is 0.375 e. The molecule has 1 N–H and O–H groups in total. The number of hydrogen-bond donors (Lipinski definition) is 1. The van der Waals surface area contributed by atoms with Gasteiger partial charge in [0.25, 0.3) is 5.91 Å². The van der Waals surface area contributed by atoms with Crippen molar-refractivity contribution in [1.82, 2.24) is 5.32 Å². The van der Waals surface area contributed by atoms with E-state index in [9.17, 15) is 9.59 Å². The lowest BCUT2D eigenvalue weighted by Crippen LogP contribution is -2.35. The van der Waals surface area contributed by atoms with Gasteiger partial charge in [-0.15, -0.1) is 0 Å². The summed E-state index contributed by atoms with van der Waals surface area (Å²) in [5, 5.41) is 3.49. The number of carbonyl (C=O) groups is 2. The van der Waals surface area contributed by atoms with E-state index in [2.05, 4.69) is 5.32 Å². The number of aryl methyl sites for hydroxylation is 1. The number of nitrogens with one attached hydrogen (secondary N) is 1. The molecule has 1 atom stereocenters. The van der Waals surface area contributed by atoms with Gasteiger partial charge in [0.2, 0.25) is 5.76 Å². The Balaban J connectivity index is 1.64. The summed E-state index contributed by atoms with van der Waals surface area (Å²) in [5.41, 5.74) is 1.30. The normalized spacial score (nSPS) is 12.1. The largest absolute Gasteiger partial charge is 0.467 e. The molecule has 1 amide bonds. The molecule has 0 unspecified atom stereocenters. The molecule has 124 valence electrons. The maximum absolute atomic E-state index is 12.3. The highest BCUT2D eigenvalue weighted by Gasteiger charge is 2.24. The highest BCUT2D eigenvalue weighted by molar-refractivity contribution is 5.97. The predicted molar refractivity (Wildman–Crippen MR) is 86.4 cm³/mol. The third-order valence-electron chi connectivity index (χ3n) is 3.70. The first-order valence-corrected chi connectivity index (χ1v) is 7.55. The zero-order valence-electron chi connectivity index (χ0n) is 13.4. The molecule has 24 heavy (non-hydrogen) atoms. The van der Waals surface area contributed by atoms with Crippen molar-refractivity contribution in [2.24, 2.45) is 0 Å². The van der Waals surface area contributed by atoms with Crippen molar-refractivity contribution in [2.75, 3.05) is 0 Å². The topological polar surface area (TPSA) is 81.7 Å². The molecule has 0 bridgehead atoms. The van der Waals surface area contributed by atoms with Crippen molar-refractivity contribution < 1.29 is 23.2 Å². The molecule has 6 heteroatoms. The van der Waals surface area contributed by atoms with E-state index in [1.54, 1.807) is 25.1 Å². The van der Waals surface area contributed by atoms with Gasteiger partial charge >= 0.3 is 5.97 Å². The second-order valence-electron chi connectivity index (χ2n) is 5.40. The molecule has 0 saturated carbocycles. The van der Waals surface area contributed by atoms with E-state index in [0.717, 1.165) is 5.39 Å². The van der Waals surface area contributed by atoms with Gasteiger partial charge < -0.3 is 18.9 Å². The van der Waals surface area contributed by atoms with Crippen LogP contribution in [0.15, 0.2) is 51.5 Å². The molecule has 0 aliphatic rings. The van der Waals surface area contributed by atoms with E-state index in [-0.39, 0.29) is 12.3 Å². The lowest BCUT2D eigenvalue weighted by molar-refractivity contribution is -0.129. The van der Waals surface area contributed by atoms with Crippen molar-refractivity contribution in [3.05, 3.63) is 59.7 Å². The van der Waals surface area contributed by atoms with Crippen LogP contribution in [0.3, 0.4) is 0 Å². The molecule has 2 aromatic heterocycles. The van der Waals surface area contributed by atoms with E-state index in [1.807, 2.05) is 18.2 Å². The zero-order valence-corrected chi connectivity index (χ0v) is 13.4. The molecular weight excluding hydrogens is 310 g/mol. The van der Waals surface area contributed by atoms with Crippen molar-refractivity contribution in [3.63, 3.8) is 0 Å². The highest BCUT2D eigenvalue weighted by Crippen LogP contribution is 2.25. The third-order valence-corrected chi connectivity index (χ3v) is 3.70.